The first kappa shape index (κ1) is 24.8. The Morgan fingerprint density at radius 1 is 1.03 bits per heavy atom. The van der Waals surface area contributed by atoms with Crippen LogP contribution in [0.2, 0.25) is 5.02 Å². The minimum absolute atomic E-state index is 0.0921. The summed E-state index contributed by atoms with van der Waals surface area (Å²) < 4.78 is 5.39. The summed E-state index contributed by atoms with van der Waals surface area (Å²) in [5.74, 6) is -0.321. The van der Waals surface area contributed by atoms with Gasteiger partial charge < -0.3 is 20.7 Å². The van der Waals surface area contributed by atoms with E-state index in [2.05, 4.69) is 11.9 Å². The fourth-order valence-electron chi connectivity index (χ4n) is 4.29. The van der Waals surface area contributed by atoms with Crippen LogP contribution in [-0.2, 0) is 27.2 Å². The summed E-state index contributed by atoms with van der Waals surface area (Å²) in [6.07, 6.45) is 5.27. The van der Waals surface area contributed by atoms with Gasteiger partial charge in [0.1, 0.15) is 6.04 Å². The second-order valence-electron chi connectivity index (χ2n) is 8.89. The number of benzene rings is 2. The zero-order valence-electron chi connectivity index (χ0n) is 19.6. The number of nitrogens with zero attached hydrogens (tertiary/aromatic N) is 1. The van der Waals surface area contributed by atoms with E-state index in [4.69, 9.17) is 22.1 Å². The molecular formula is C28H30ClN3O3. The number of nitrogens with one attached hydrogen (secondary N) is 1. The van der Waals surface area contributed by atoms with Crippen LogP contribution in [0.15, 0.2) is 78.5 Å². The van der Waals surface area contributed by atoms with Gasteiger partial charge in [-0.05, 0) is 34.4 Å². The molecule has 7 heteroatoms. The number of amides is 2. The van der Waals surface area contributed by atoms with E-state index in [1.54, 1.807) is 4.90 Å². The van der Waals surface area contributed by atoms with Crippen LogP contribution in [0.4, 0.5) is 0 Å². The molecule has 6 nitrogen and oxygen atoms in total. The van der Waals surface area contributed by atoms with Gasteiger partial charge in [-0.2, -0.15) is 0 Å². The average Bonchev–Trinajstić information content (AvgIpc) is 3.35. The highest BCUT2D eigenvalue weighted by molar-refractivity contribution is 6.30. The number of nitrogens with two attached hydrogens (primary N) is 1. The Hall–Kier alpha value is -3.35. The van der Waals surface area contributed by atoms with E-state index in [1.165, 1.54) is 0 Å². The largest absolute Gasteiger partial charge is 0.402 e. The number of halogens is 1. The highest BCUT2D eigenvalue weighted by Crippen LogP contribution is 2.29. The zero-order valence-corrected chi connectivity index (χ0v) is 20.4. The van der Waals surface area contributed by atoms with Crippen molar-refractivity contribution in [2.75, 3.05) is 26.3 Å². The van der Waals surface area contributed by atoms with E-state index < -0.39 is 6.04 Å². The third kappa shape index (κ3) is 6.62. The van der Waals surface area contributed by atoms with Crippen molar-refractivity contribution in [1.82, 2.24) is 10.2 Å². The topological polar surface area (TPSA) is 84.7 Å². The SMILES string of the molecule is C=C(N)Cc1ccc(CC(NC(=O)C2=CC=C(c3ccc(Cl)cc3)C2)C(=O)N2CCOCC2)cc1. The maximum absolute atomic E-state index is 13.4. The molecule has 2 aliphatic rings. The number of carbonyl (C=O) groups is 2. The smallest absolute Gasteiger partial charge is 0.248 e. The predicted molar refractivity (Wildman–Crippen MR) is 139 cm³/mol. The van der Waals surface area contributed by atoms with Gasteiger partial charge in [0.15, 0.2) is 0 Å². The van der Waals surface area contributed by atoms with Gasteiger partial charge in [-0.15, -0.1) is 0 Å². The van der Waals surface area contributed by atoms with Gasteiger partial charge in [0.25, 0.3) is 0 Å². The molecule has 182 valence electrons. The molecule has 0 bridgehead atoms. The molecule has 4 rings (SSSR count). The van der Waals surface area contributed by atoms with Crippen molar-refractivity contribution in [3.05, 3.63) is 100 Å². The predicted octanol–water partition coefficient (Wildman–Crippen LogP) is 3.65. The normalized spacial score (nSPS) is 16.3. The summed E-state index contributed by atoms with van der Waals surface area (Å²) in [4.78, 5) is 28.3. The molecule has 0 aromatic heterocycles. The maximum Gasteiger partial charge on any atom is 0.248 e. The van der Waals surface area contributed by atoms with Crippen molar-refractivity contribution in [3.8, 4) is 0 Å². The van der Waals surface area contributed by atoms with E-state index >= 15 is 0 Å². The Morgan fingerprint density at radius 3 is 2.34 bits per heavy atom. The van der Waals surface area contributed by atoms with Crippen molar-refractivity contribution in [2.45, 2.75) is 25.3 Å². The highest BCUT2D eigenvalue weighted by atomic mass is 35.5. The van der Waals surface area contributed by atoms with Crippen LogP contribution in [0.1, 0.15) is 23.1 Å². The summed E-state index contributed by atoms with van der Waals surface area (Å²) in [6.45, 7) is 5.80. The number of carbonyl (C=O) groups excluding carboxylic acids is 2. The minimum atomic E-state index is -0.670. The van der Waals surface area contributed by atoms with E-state index in [-0.39, 0.29) is 11.8 Å². The second-order valence-corrected chi connectivity index (χ2v) is 9.32. The molecule has 1 unspecified atom stereocenters. The van der Waals surface area contributed by atoms with E-state index in [0.29, 0.717) is 61.9 Å². The van der Waals surface area contributed by atoms with Gasteiger partial charge in [0.05, 0.1) is 13.2 Å². The number of hydrogen-bond acceptors (Lipinski definition) is 4. The summed E-state index contributed by atoms with van der Waals surface area (Å²) in [5, 5.41) is 3.67. The minimum Gasteiger partial charge on any atom is -0.402 e. The van der Waals surface area contributed by atoms with Crippen molar-refractivity contribution in [2.24, 2.45) is 5.73 Å². The fraction of sp³-hybridized carbons (Fsp3) is 0.286. The standard InChI is InChI=1S/C28H30ClN3O3/c1-19(30)16-20-2-4-21(5-3-20)17-26(28(34)32-12-14-35-15-13-32)31-27(33)24-7-6-23(18-24)22-8-10-25(29)11-9-22/h2-11,26H,1,12-18,30H2,(H,31,33). The van der Waals surface area contributed by atoms with Crippen LogP contribution in [0.3, 0.4) is 0 Å². The quantitative estimate of drug-likeness (QED) is 0.590. The number of rotatable bonds is 8. The molecule has 0 radical (unpaired) electrons. The lowest BCUT2D eigenvalue weighted by Crippen LogP contribution is -2.52. The van der Waals surface area contributed by atoms with Gasteiger partial charge in [-0.3, -0.25) is 9.59 Å². The van der Waals surface area contributed by atoms with Crippen LogP contribution < -0.4 is 11.1 Å². The van der Waals surface area contributed by atoms with Gasteiger partial charge in [-0.1, -0.05) is 66.7 Å². The molecule has 1 heterocycles. The van der Waals surface area contributed by atoms with Crippen LogP contribution in [0.25, 0.3) is 5.57 Å². The van der Waals surface area contributed by atoms with Crippen molar-refractivity contribution >= 4 is 29.0 Å². The number of ether oxygens (including phenoxy) is 1. The highest BCUT2D eigenvalue weighted by Gasteiger charge is 2.29. The Morgan fingerprint density at radius 2 is 1.69 bits per heavy atom. The van der Waals surface area contributed by atoms with Crippen molar-refractivity contribution in [1.29, 1.82) is 0 Å². The molecule has 2 aromatic carbocycles. The monoisotopic (exact) mass is 491 g/mol. The van der Waals surface area contributed by atoms with Crippen LogP contribution in [0.5, 0.6) is 0 Å². The molecule has 35 heavy (non-hydrogen) atoms. The Balaban J connectivity index is 1.45. The number of hydrogen-bond donors (Lipinski definition) is 2. The molecule has 2 aromatic rings. The molecule has 1 aliphatic carbocycles. The van der Waals surface area contributed by atoms with E-state index in [0.717, 1.165) is 22.3 Å². The lowest BCUT2D eigenvalue weighted by molar-refractivity contribution is -0.139. The van der Waals surface area contributed by atoms with Crippen LogP contribution in [-0.4, -0.2) is 49.1 Å². The molecular weight excluding hydrogens is 462 g/mol. The first-order chi connectivity index (χ1) is 16.9. The van der Waals surface area contributed by atoms with Crippen LogP contribution >= 0.6 is 11.6 Å². The zero-order chi connectivity index (χ0) is 24.8. The lowest BCUT2D eigenvalue weighted by atomic mass is 10.00. The molecule has 0 spiro atoms. The molecule has 1 saturated heterocycles. The van der Waals surface area contributed by atoms with E-state index in [9.17, 15) is 9.59 Å². The van der Waals surface area contributed by atoms with Gasteiger partial charge in [0.2, 0.25) is 11.8 Å². The fourth-order valence-corrected chi connectivity index (χ4v) is 4.41. The van der Waals surface area contributed by atoms with Crippen molar-refractivity contribution < 1.29 is 14.3 Å². The third-order valence-corrected chi connectivity index (χ3v) is 6.45. The maximum atomic E-state index is 13.4. The molecule has 1 fully saturated rings. The van der Waals surface area contributed by atoms with Gasteiger partial charge in [-0.25, -0.2) is 0 Å². The molecule has 1 aliphatic heterocycles. The number of allylic oxidation sites excluding steroid dienone is 4. The molecule has 2 amide bonds. The Labute approximate surface area is 211 Å². The Kier molecular flexibility index (Phi) is 8.06. The summed E-state index contributed by atoms with van der Waals surface area (Å²) in [6, 6.07) is 14.8. The van der Waals surface area contributed by atoms with Crippen LogP contribution in [0, 0.1) is 0 Å². The first-order valence-electron chi connectivity index (χ1n) is 11.7. The number of morpholine rings is 1. The van der Waals surface area contributed by atoms with E-state index in [1.807, 2.05) is 60.7 Å². The average molecular weight is 492 g/mol. The van der Waals surface area contributed by atoms with Crippen molar-refractivity contribution in [3.63, 3.8) is 0 Å². The summed E-state index contributed by atoms with van der Waals surface area (Å²) >= 11 is 6.00. The summed E-state index contributed by atoms with van der Waals surface area (Å²) in [7, 11) is 0. The van der Waals surface area contributed by atoms with Gasteiger partial charge in [0, 0.05) is 48.6 Å². The lowest BCUT2D eigenvalue weighted by Gasteiger charge is -2.31. The molecule has 3 N–H and O–H groups in total. The third-order valence-electron chi connectivity index (χ3n) is 6.19. The first-order valence-corrected chi connectivity index (χ1v) is 12.1. The summed E-state index contributed by atoms with van der Waals surface area (Å²) in [5.41, 5.74) is 11.0. The second kappa shape index (κ2) is 11.4. The Bertz CT molecular complexity index is 1150. The molecule has 0 saturated carbocycles. The molecule has 1 atom stereocenters. The van der Waals surface area contributed by atoms with Gasteiger partial charge >= 0.3 is 0 Å².